The molecule has 8 heavy (non-hydrogen) atoms. The summed E-state index contributed by atoms with van der Waals surface area (Å²) < 4.78 is 10.7. The van der Waals surface area contributed by atoms with Crippen molar-refractivity contribution in [3.8, 4) is 0 Å². The lowest BCUT2D eigenvalue weighted by molar-refractivity contribution is 0.597. The third kappa shape index (κ3) is 1.56. The predicted octanol–water partition coefficient (Wildman–Crippen LogP) is -0.144. The number of nitrogens with two attached hydrogens (primary N) is 1. The van der Waals surface area contributed by atoms with E-state index in [0.29, 0.717) is 6.04 Å². The van der Waals surface area contributed by atoms with Crippen LogP contribution in [0.25, 0.3) is 0 Å². The van der Waals surface area contributed by atoms with E-state index >= 15 is 0 Å². The summed E-state index contributed by atoms with van der Waals surface area (Å²) in [6.45, 7) is 0. The minimum atomic E-state index is -0.541. The Morgan fingerprint density at radius 2 is 1.88 bits per heavy atom. The van der Waals surface area contributed by atoms with Crippen LogP contribution in [0.5, 0.6) is 0 Å². The molecule has 0 bridgehead atoms. The van der Waals surface area contributed by atoms with E-state index in [4.69, 9.17) is 5.73 Å². The van der Waals surface area contributed by atoms with Crippen molar-refractivity contribution >= 4 is 10.8 Å². The SMILES string of the molecule is NC1CCS(=O)CC1. The van der Waals surface area contributed by atoms with Crippen LogP contribution in [0.4, 0.5) is 0 Å². The van der Waals surface area contributed by atoms with E-state index < -0.39 is 10.8 Å². The van der Waals surface area contributed by atoms with E-state index in [9.17, 15) is 4.21 Å². The minimum absolute atomic E-state index is 0.327. The van der Waals surface area contributed by atoms with E-state index in [0.717, 1.165) is 24.3 Å². The number of rotatable bonds is 0. The van der Waals surface area contributed by atoms with Crippen LogP contribution in [0.1, 0.15) is 12.8 Å². The third-order valence-corrected chi connectivity index (χ3v) is 2.81. The fraction of sp³-hybridized carbons (Fsp3) is 1.00. The first-order chi connectivity index (χ1) is 3.79. The van der Waals surface area contributed by atoms with Crippen molar-refractivity contribution in [2.45, 2.75) is 18.9 Å². The van der Waals surface area contributed by atoms with Gasteiger partial charge in [0.2, 0.25) is 0 Å². The molecule has 3 heteroatoms. The van der Waals surface area contributed by atoms with Crippen LogP contribution in [0, 0.1) is 0 Å². The number of hydrogen-bond donors (Lipinski definition) is 1. The zero-order valence-corrected chi connectivity index (χ0v) is 5.62. The molecule has 0 unspecified atom stereocenters. The monoisotopic (exact) mass is 133 g/mol. The van der Waals surface area contributed by atoms with Gasteiger partial charge in [-0.3, -0.25) is 4.21 Å². The molecule has 1 aliphatic rings. The molecule has 1 rings (SSSR count). The van der Waals surface area contributed by atoms with Crippen LogP contribution < -0.4 is 5.73 Å². The summed E-state index contributed by atoms with van der Waals surface area (Å²) in [6, 6.07) is 0.327. The van der Waals surface area contributed by atoms with Crippen LogP contribution in [-0.4, -0.2) is 21.8 Å². The highest BCUT2D eigenvalue weighted by molar-refractivity contribution is 7.85. The molecule has 0 aliphatic carbocycles. The fourth-order valence-corrected chi connectivity index (χ4v) is 2.15. The molecule has 0 amide bonds. The van der Waals surface area contributed by atoms with Crippen LogP contribution in [-0.2, 0) is 10.8 Å². The minimum Gasteiger partial charge on any atom is -0.328 e. The van der Waals surface area contributed by atoms with Crippen molar-refractivity contribution in [1.29, 1.82) is 0 Å². The Labute approximate surface area is 51.9 Å². The van der Waals surface area contributed by atoms with E-state index in [1.807, 2.05) is 0 Å². The molecule has 0 aromatic heterocycles. The molecule has 0 aromatic carbocycles. The molecule has 0 atom stereocenters. The molecule has 1 saturated heterocycles. The first kappa shape index (κ1) is 6.23. The highest BCUT2D eigenvalue weighted by atomic mass is 32.2. The summed E-state index contributed by atoms with van der Waals surface area (Å²) in [7, 11) is -0.541. The Balaban J connectivity index is 2.29. The van der Waals surface area contributed by atoms with E-state index in [-0.39, 0.29) is 0 Å². The molecule has 1 heterocycles. The molecule has 48 valence electrons. The largest absolute Gasteiger partial charge is 0.328 e. The topological polar surface area (TPSA) is 43.1 Å². The molecule has 2 N–H and O–H groups in total. The molecular formula is C5H11NOS. The molecular weight excluding hydrogens is 122 g/mol. The Morgan fingerprint density at radius 1 is 1.38 bits per heavy atom. The van der Waals surface area contributed by atoms with Gasteiger partial charge >= 0.3 is 0 Å². The highest BCUT2D eigenvalue weighted by Gasteiger charge is 2.12. The predicted molar refractivity (Wildman–Crippen MR) is 35.1 cm³/mol. The fourth-order valence-electron chi connectivity index (χ4n) is 0.812. The van der Waals surface area contributed by atoms with Crippen LogP contribution in [0.3, 0.4) is 0 Å². The zero-order chi connectivity index (χ0) is 5.98. The van der Waals surface area contributed by atoms with Gasteiger partial charge in [0.05, 0.1) is 0 Å². The summed E-state index contributed by atoms with van der Waals surface area (Å²) >= 11 is 0. The summed E-state index contributed by atoms with van der Waals surface area (Å²) in [4.78, 5) is 0. The van der Waals surface area contributed by atoms with Crippen molar-refractivity contribution in [1.82, 2.24) is 0 Å². The summed E-state index contributed by atoms with van der Waals surface area (Å²) in [5, 5.41) is 0. The zero-order valence-electron chi connectivity index (χ0n) is 4.80. The molecule has 0 saturated carbocycles. The molecule has 1 aliphatic heterocycles. The molecule has 2 nitrogen and oxygen atoms in total. The lowest BCUT2D eigenvalue weighted by Gasteiger charge is -2.15. The van der Waals surface area contributed by atoms with E-state index in [2.05, 4.69) is 0 Å². The lowest BCUT2D eigenvalue weighted by atomic mass is 10.2. The summed E-state index contributed by atoms with van der Waals surface area (Å²) in [5.41, 5.74) is 5.56. The van der Waals surface area contributed by atoms with Gasteiger partial charge in [-0.25, -0.2) is 0 Å². The Bertz CT molecular complexity index is 94.6. The quantitative estimate of drug-likeness (QED) is 0.499. The molecule has 0 radical (unpaired) electrons. The molecule has 0 aromatic rings. The summed E-state index contributed by atoms with van der Waals surface area (Å²) in [5.74, 6) is 1.64. The first-order valence-electron chi connectivity index (χ1n) is 2.89. The van der Waals surface area contributed by atoms with Crippen molar-refractivity contribution in [3.63, 3.8) is 0 Å². The maximum absolute atomic E-state index is 10.7. The Kier molecular flexibility index (Phi) is 2.02. The van der Waals surface area contributed by atoms with Crippen LogP contribution in [0.2, 0.25) is 0 Å². The Hall–Kier alpha value is 0.110. The third-order valence-electron chi connectivity index (χ3n) is 1.43. The van der Waals surface area contributed by atoms with Crippen molar-refractivity contribution in [2.24, 2.45) is 5.73 Å². The van der Waals surface area contributed by atoms with Crippen LogP contribution in [0.15, 0.2) is 0 Å². The van der Waals surface area contributed by atoms with Crippen molar-refractivity contribution < 1.29 is 4.21 Å². The van der Waals surface area contributed by atoms with E-state index in [1.165, 1.54) is 0 Å². The Morgan fingerprint density at radius 3 is 2.25 bits per heavy atom. The number of hydrogen-bond acceptors (Lipinski definition) is 2. The standard InChI is InChI=1S/C5H11NOS/c6-5-1-3-8(7)4-2-5/h5H,1-4,6H2. The van der Waals surface area contributed by atoms with Crippen molar-refractivity contribution in [3.05, 3.63) is 0 Å². The average Bonchev–Trinajstić information content (AvgIpc) is 1.77. The van der Waals surface area contributed by atoms with Gasteiger partial charge in [-0.15, -0.1) is 0 Å². The van der Waals surface area contributed by atoms with Crippen LogP contribution >= 0.6 is 0 Å². The average molecular weight is 133 g/mol. The van der Waals surface area contributed by atoms with E-state index in [1.54, 1.807) is 0 Å². The maximum Gasteiger partial charge on any atom is 0.0249 e. The highest BCUT2D eigenvalue weighted by Crippen LogP contribution is 2.05. The van der Waals surface area contributed by atoms with Gasteiger partial charge in [0.1, 0.15) is 0 Å². The van der Waals surface area contributed by atoms with Gasteiger partial charge in [-0.1, -0.05) is 0 Å². The van der Waals surface area contributed by atoms with Gasteiger partial charge in [-0.05, 0) is 12.8 Å². The first-order valence-corrected chi connectivity index (χ1v) is 4.38. The van der Waals surface area contributed by atoms with Gasteiger partial charge < -0.3 is 5.73 Å². The van der Waals surface area contributed by atoms with Gasteiger partial charge in [-0.2, -0.15) is 0 Å². The van der Waals surface area contributed by atoms with Gasteiger partial charge in [0.25, 0.3) is 0 Å². The van der Waals surface area contributed by atoms with Gasteiger partial charge in [0.15, 0.2) is 0 Å². The lowest BCUT2D eigenvalue weighted by Crippen LogP contribution is -2.29. The molecule has 1 fully saturated rings. The van der Waals surface area contributed by atoms with Crippen molar-refractivity contribution in [2.75, 3.05) is 11.5 Å². The second kappa shape index (κ2) is 2.60. The smallest absolute Gasteiger partial charge is 0.0249 e. The normalized spacial score (nSPS) is 39.6. The molecule has 0 spiro atoms. The van der Waals surface area contributed by atoms with Gasteiger partial charge in [0, 0.05) is 28.3 Å². The summed E-state index contributed by atoms with van der Waals surface area (Å²) in [6.07, 6.45) is 1.90. The second-order valence-electron chi connectivity index (χ2n) is 2.19. The second-order valence-corrected chi connectivity index (χ2v) is 3.88. The maximum atomic E-state index is 10.7.